The Morgan fingerprint density at radius 2 is 1.50 bits per heavy atom. The average molecular weight is 625 g/mol. The van der Waals surface area contributed by atoms with Gasteiger partial charge in [-0.1, -0.05) is 0 Å². The molecular weight excluding hydrogens is 596 g/mol. The molecule has 44 heavy (non-hydrogen) atoms. The van der Waals surface area contributed by atoms with Crippen LogP contribution in [0.2, 0.25) is 0 Å². The third-order valence-electron chi connectivity index (χ3n) is 7.28. The molecule has 3 aromatic rings. The van der Waals surface area contributed by atoms with E-state index in [9.17, 15) is 60.7 Å². The van der Waals surface area contributed by atoms with Crippen molar-refractivity contribution in [1.82, 2.24) is 0 Å². The molecule has 2 aliphatic heterocycles. The average Bonchev–Trinajstić information content (AvgIpc) is 2.96. The van der Waals surface area contributed by atoms with Crippen molar-refractivity contribution in [2.45, 2.75) is 68.3 Å². The van der Waals surface area contributed by atoms with E-state index < -0.39 is 113 Å². The Balaban J connectivity index is 1.64. The molecule has 17 heteroatoms. The van der Waals surface area contributed by atoms with Crippen LogP contribution in [0.4, 0.5) is 0 Å². The van der Waals surface area contributed by atoms with Crippen LogP contribution < -0.4 is 10.2 Å². The molecule has 2 fully saturated rings. The summed E-state index contributed by atoms with van der Waals surface area (Å²) in [5.41, 5.74) is -1.60. The van der Waals surface area contributed by atoms with Crippen LogP contribution in [0.25, 0.3) is 22.3 Å². The SMILES string of the molecule is C[C@H]1OC(O[C@H]2C(Oc3c(-c4ccc(O)c(O)c4)oc4cc(O)cc(O)c4c3=O)O[C@H](C(=O)O)[C@@H](O)[C@@H]2O)[C@@H](O)[C@@H](O)[C@@H]1O. The van der Waals surface area contributed by atoms with Gasteiger partial charge in [0, 0.05) is 17.7 Å². The number of aromatic hydroxyl groups is 4. The van der Waals surface area contributed by atoms with Gasteiger partial charge in [0.2, 0.25) is 17.5 Å². The highest BCUT2D eigenvalue weighted by molar-refractivity contribution is 5.88. The van der Waals surface area contributed by atoms with E-state index in [0.717, 1.165) is 24.3 Å². The number of aliphatic hydroxyl groups excluding tert-OH is 5. The first-order valence-electron chi connectivity index (χ1n) is 13.0. The summed E-state index contributed by atoms with van der Waals surface area (Å²) >= 11 is 0. The molecule has 2 aliphatic rings. The number of benzene rings is 2. The summed E-state index contributed by atoms with van der Waals surface area (Å²) in [6, 6.07) is 4.98. The summed E-state index contributed by atoms with van der Waals surface area (Å²) in [6.45, 7) is 1.33. The minimum absolute atomic E-state index is 0.113. The Morgan fingerprint density at radius 3 is 2.16 bits per heavy atom. The van der Waals surface area contributed by atoms with Crippen LogP contribution >= 0.6 is 0 Å². The Labute approximate surface area is 245 Å². The summed E-state index contributed by atoms with van der Waals surface area (Å²) in [5, 5.41) is 101. The second kappa shape index (κ2) is 11.7. The number of ether oxygens (including phenoxy) is 4. The number of fused-ring (bicyclic) bond motifs is 1. The van der Waals surface area contributed by atoms with Crippen LogP contribution in [0.1, 0.15) is 6.92 Å². The Kier molecular flexibility index (Phi) is 8.31. The highest BCUT2D eigenvalue weighted by Gasteiger charge is 2.53. The predicted molar refractivity (Wildman–Crippen MR) is 141 cm³/mol. The zero-order chi connectivity index (χ0) is 32.2. The number of phenolic OH excluding ortho intramolecular Hbond substituents is 4. The molecule has 1 aromatic heterocycles. The van der Waals surface area contributed by atoms with Gasteiger partial charge in [-0.15, -0.1) is 0 Å². The van der Waals surface area contributed by atoms with Crippen molar-refractivity contribution in [2.24, 2.45) is 0 Å². The zero-order valence-electron chi connectivity index (χ0n) is 22.5. The van der Waals surface area contributed by atoms with Crippen LogP contribution in [0.15, 0.2) is 39.5 Å². The Hall–Kier alpha value is -4.20. The molecule has 0 bridgehead atoms. The smallest absolute Gasteiger partial charge is 0.335 e. The maximum Gasteiger partial charge on any atom is 0.335 e. The highest BCUT2D eigenvalue weighted by atomic mass is 16.8. The molecule has 3 heterocycles. The molecule has 0 saturated carbocycles. The van der Waals surface area contributed by atoms with Crippen molar-refractivity contribution in [1.29, 1.82) is 0 Å². The fraction of sp³-hybridized carbons (Fsp3) is 0.407. The summed E-state index contributed by atoms with van der Waals surface area (Å²) in [4.78, 5) is 25.6. The molecule has 2 aromatic carbocycles. The minimum Gasteiger partial charge on any atom is -0.508 e. The van der Waals surface area contributed by atoms with E-state index in [1.54, 1.807) is 0 Å². The topological polar surface area (TPSA) is 286 Å². The Morgan fingerprint density at radius 1 is 0.795 bits per heavy atom. The monoisotopic (exact) mass is 624 g/mol. The third kappa shape index (κ3) is 5.46. The molecule has 2 unspecified atom stereocenters. The lowest BCUT2D eigenvalue weighted by Crippen LogP contribution is -2.65. The van der Waals surface area contributed by atoms with Crippen molar-refractivity contribution >= 4 is 16.9 Å². The van der Waals surface area contributed by atoms with Crippen LogP contribution in [-0.2, 0) is 19.0 Å². The lowest BCUT2D eigenvalue weighted by Gasteiger charge is -2.45. The molecule has 0 spiro atoms. The lowest BCUT2D eigenvalue weighted by atomic mass is 9.97. The standard InChI is InChI=1S/C27H28O17/c1-7-15(32)17(34)20(37)26(40-7)44-24-19(36)18(35)23(25(38)39)43-27(24)42-22-16(33)14-12(31)5-9(28)6-13(14)41-21(22)8-2-3-10(29)11(30)4-8/h2-7,15,17-20,23-24,26-32,34-37H,1H3,(H,38,39)/t7-,15-,17+,18+,19+,20+,23+,24-,26?,27?/m1/s1. The molecule has 2 saturated heterocycles. The van der Waals surface area contributed by atoms with Gasteiger partial charge in [0.25, 0.3) is 0 Å². The van der Waals surface area contributed by atoms with E-state index in [1.807, 2.05) is 0 Å². The minimum atomic E-state index is -2.16. The molecule has 0 radical (unpaired) electrons. The number of phenols is 4. The fourth-order valence-corrected chi connectivity index (χ4v) is 4.91. The number of aliphatic carboxylic acids is 1. The summed E-state index contributed by atoms with van der Waals surface area (Å²) in [5.74, 6) is -5.53. The normalized spacial score (nSPS) is 32.4. The van der Waals surface area contributed by atoms with Gasteiger partial charge in [-0.25, -0.2) is 4.79 Å². The van der Waals surface area contributed by atoms with Gasteiger partial charge in [0.1, 0.15) is 53.0 Å². The molecule has 0 aliphatic carbocycles. The largest absolute Gasteiger partial charge is 0.508 e. The van der Waals surface area contributed by atoms with Gasteiger partial charge in [-0.3, -0.25) is 4.79 Å². The second-order valence-electron chi connectivity index (χ2n) is 10.3. The van der Waals surface area contributed by atoms with Crippen LogP contribution in [0.5, 0.6) is 28.7 Å². The first kappa shape index (κ1) is 31.2. The molecule has 10 N–H and O–H groups in total. The quantitative estimate of drug-likeness (QED) is 0.138. The van der Waals surface area contributed by atoms with Gasteiger partial charge < -0.3 is 74.4 Å². The molecule has 5 rings (SSSR count). The number of aliphatic hydroxyl groups is 5. The number of carboxylic acid groups (broad SMARTS) is 1. The van der Waals surface area contributed by atoms with E-state index in [4.69, 9.17) is 23.4 Å². The van der Waals surface area contributed by atoms with Crippen LogP contribution in [0, 0.1) is 0 Å². The first-order valence-corrected chi connectivity index (χ1v) is 13.0. The third-order valence-corrected chi connectivity index (χ3v) is 7.28. The molecule has 238 valence electrons. The highest BCUT2D eigenvalue weighted by Crippen LogP contribution is 2.40. The maximum absolute atomic E-state index is 13.7. The van der Waals surface area contributed by atoms with E-state index in [1.165, 1.54) is 13.0 Å². The predicted octanol–water partition coefficient (Wildman–Crippen LogP) is -1.59. The lowest BCUT2D eigenvalue weighted by molar-refractivity contribution is -0.351. The van der Waals surface area contributed by atoms with E-state index >= 15 is 0 Å². The van der Waals surface area contributed by atoms with Gasteiger partial charge in [-0.2, -0.15) is 0 Å². The number of hydrogen-bond acceptors (Lipinski definition) is 16. The van der Waals surface area contributed by atoms with Crippen molar-refractivity contribution in [3.05, 3.63) is 40.6 Å². The maximum atomic E-state index is 13.7. The summed E-state index contributed by atoms with van der Waals surface area (Å²) in [7, 11) is 0. The molecular formula is C27H28O17. The van der Waals surface area contributed by atoms with Crippen molar-refractivity contribution in [3.8, 4) is 40.1 Å². The Bertz CT molecular complexity index is 1620. The summed E-state index contributed by atoms with van der Waals surface area (Å²) in [6.07, 6.45) is -18.7. The zero-order valence-corrected chi connectivity index (χ0v) is 22.5. The van der Waals surface area contributed by atoms with Crippen molar-refractivity contribution in [3.63, 3.8) is 0 Å². The number of carboxylic acids is 1. The van der Waals surface area contributed by atoms with E-state index in [2.05, 4.69) is 0 Å². The van der Waals surface area contributed by atoms with E-state index in [-0.39, 0.29) is 11.1 Å². The second-order valence-corrected chi connectivity index (χ2v) is 10.3. The van der Waals surface area contributed by atoms with Crippen molar-refractivity contribution in [2.75, 3.05) is 0 Å². The van der Waals surface area contributed by atoms with E-state index in [0.29, 0.717) is 0 Å². The van der Waals surface area contributed by atoms with Crippen LogP contribution in [-0.4, -0.2) is 118 Å². The van der Waals surface area contributed by atoms with Crippen molar-refractivity contribution < 1.29 is 79.2 Å². The van der Waals surface area contributed by atoms with Gasteiger partial charge in [-0.05, 0) is 25.1 Å². The number of rotatable bonds is 6. The van der Waals surface area contributed by atoms with Crippen LogP contribution in [0.3, 0.4) is 0 Å². The van der Waals surface area contributed by atoms with Gasteiger partial charge in [0.15, 0.2) is 35.8 Å². The number of hydrogen-bond donors (Lipinski definition) is 10. The fourth-order valence-electron chi connectivity index (χ4n) is 4.91. The molecule has 0 amide bonds. The first-order chi connectivity index (χ1) is 20.7. The molecule has 10 atom stereocenters. The van der Waals surface area contributed by atoms with Gasteiger partial charge in [0.05, 0.1) is 6.10 Å². The summed E-state index contributed by atoms with van der Waals surface area (Å²) < 4.78 is 27.8. The number of carbonyl (C=O) groups is 1. The molecule has 17 nitrogen and oxygen atoms in total. The van der Waals surface area contributed by atoms with Gasteiger partial charge >= 0.3 is 5.97 Å².